The molecule has 0 aliphatic carbocycles. The molecular weight excluding hydrogens is 602 g/mol. The Morgan fingerprint density at radius 1 is 1.00 bits per heavy atom. The zero-order chi connectivity index (χ0) is 31.3. The third-order valence-corrected chi connectivity index (χ3v) is 9.25. The van der Waals surface area contributed by atoms with Gasteiger partial charge in [-0.05, 0) is 73.0 Å². The van der Waals surface area contributed by atoms with E-state index in [1.165, 1.54) is 30.2 Å². The predicted octanol–water partition coefficient (Wildman–Crippen LogP) is 5.01. The number of rotatable bonds is 10. The van der Waals surface area contributed by atoms with Crippen LogP contribution >= 0.6 is 11.6 Å². The Hall–Kier alpha value is -4.54. The van der Waals surface area contributed by atoms with Crippen LogP contribution in [0.1, 0.15) is 11.1 Å². The van der Waals surface area contributed by atoms with Crippen LogP contribution in [0.25, 0.3) is 0 Å². The molecule has 0 spiro atoms. The summed E-state index contributed by atoms with van der Waals surface area (Å²) in [4.78, 5) is 28.5. The van der Waals surface area contributed by atoms with Crippen LogP contribution in [-0.4, -0.2) is 53.1 Å². The zero-order valence-corrected chi connectivity index (χ0v) is 25.8. The third kappa shape index (κ3) is 6.82. The molecule has 0 fully saturated rings. The number of nitrogens with zero attached hydrogens (tertiary/aromatic N) is 2. The predicted molar refractivity (Wildman–Crippen MR) is 170 cm³/mol. The highest BCUT2D eigenvalue weighted by molar-refractivity contribution is 7.93. The molecule has 0 saturated carbocycles. The number of fused-ring (bicyclic) bond motifs is 1. The average molecular weight is 634 g/mol. The van der Waals surface area contributed by atoms with Crippen molar-refractivity contribution < 1.29 is 27.5 Å². The number of aryl methyl sites for hydroxylation is 1. The van der Waals surface area contributed by atoms with Crippen molar-refractivity contribution >= 4 is 44.8 Å². The van der Waals surface area contributed by atoms with Gasteiger partial charge < -0.3 is 19.7 Å². The van der Waals surface area contributed by atoms with Gasteiger partial charge in [0, 0.05) is 11.6 Å². The second kappa shape index (κ2) is 13.4. The molecule has 0 bridgehead atoms. The number of anilines is 2. The lowest BCUT2D eigenvalue weighted by atomic mass is 10.1. The number of carbonyl (C=O) groups is 2. The largest absolute Gasteiger partial charge is 0.495 e. The SMILES string of the molecule is COc1ccc(C)cc1S(=O)(=O)N(CC(=O)N1C[C@@H](C(=O)NCCc2ccccc2)Oc2ccccc21)c1ccc(Cl)cc1. The fourth-order valence-corrected chi connectivity index (χ4v) is 6.71. The summed E-state index contributed by atoms with van der Waals surface area (Å²) in [7, 11) is -2.92. The van der Waals surface area contributed by atoms with E-state index < -0.39 is 28.6 Å². The quantitative estimate of drug-likeness (QED) is 0.263. The van der Waals surface area contributed by atoms with Gasteiger partial charge in [0.2, 0.25) is 5.91 Å². The smallest absolute Gasteiger partial charge is 0.268 e. The molecule has 4 aromatic rings. The summed E-state index contributed by atoms with van der Waals surface area (Å²) in [6.07, 6.45) is -0.364. The fraction of sp³-hybridized carbons (Fsp3) is 0.212. The first-order valence-electron chi connectivity index (χ1n) is 14.0. The molecule has 0 radical (unpaired) electrons. The molecule has 228 valence electrons. The van der Waals surface area contributed by atoms with Crippen molar-refractivity contribution in [3.05, 3.63) is 113 Å². The van der Waals surface area contributed by atoms with E-state index in [2.05, 4.69) is 5.32 Å². The highest BCUT2D eigenvalue weighted by atomic mass is 35.5. The molecule has 1 aliphatic heterocycles. The third-order valence-electron chi connectivity index (χ3n) is 7.20. The van der Waals surface area contributed by atoms with Gasteiger partial charge in [-0.3, -0.25) is 13.9 Å². The minimum absolute atomic E-state index is 0.0826. The molecule has 4 aromatic carbocycles. The number of benzene rings is 4. The molecule has 1 heterocycles. The maximum atomic E-state index is 14.2. The van der Waals surface area contributed by atoms with Gasteiger partial charge in [-0.1, -0.05) is 60.1 Å². The number of hydrogen-bond acceptors (Lipinski definition) is 6. The van der Waals surface area contributed by atoms with E-state index in [0.29, 0.717) is 35.0 Å². The van der Waals surface area contributed by atoms with Gasteiger partial charge in [0.25, 0.3) is 15.9 Å². The molecule has 0 saturated heterocycles. The van der Waals surface area contributed by atoms with Crippen molar-refractivity contribution in [2.24, 2.45) is 0 Å². The van der Waals surface area contributed by atoms with Gasteiger partial charge in [-0.2, -0.15) is 0 Å². The molecule has 1 atom stereocenters. The Kier molecular flexibility index (Phi) is 9.41. The lowest BCUT2D eigenvalue weighted by Gasteiger charge is -2.35. The van der Waals surface area contributed by atoms with E-state index in [4.69, 9.17) is 21.1 Å². The number of sulfonamides is 1. The standard InChI is InChI=1S/C33H32ClN3O6S/c1-23-12-17-29(42-2)31(20-23)44(40,41)37(26-15-13-25(34)14-16-26)22-32(38)36-21-30(43-28-11-7-6-10-27(28)36)33(39)35-19-18-24-8-4-3-5-9-24/h3-17,20,30H,18-19,21-22H2,1-2H3,(H,35,39)/t30-/m0/s1. The second-order valence-corrected chi connectivity index (χ2v) is 12.5. The number of nitrogens with one attached hydrogen (secondary N) is 1. The average Bonchev–Trinajstić information content (AvgIpc) is 3.03. The van der Waals surface area contributed by atoms with Gasteiger partial charge in [0.1, 0.15) is 22.9 Å². The molecule has 9 nitrogen and oxygen atoms in total. The molecule has 1 aliphatic rings. The summed E-state index contributed by atoms with van der Waals surface area (Å²) < 4.78 is 40.7. The minimum Gasteiger partial charge on any atom is -0.495 e. The summed E-state index contributed by atoms with van der Waals surface area (Å²) in [6, 6.07) is 27.6. The summed E-state index contributed by atoms with van der Waals surface area (Å²) in [5.41, 5.74) is 2.46. The topological polar surface area (TPSA) is 105 Å². The molecule has 0 unspecified atom stereocenters. The highest BCUT2D eigenvalue weighted by Gasteiger charge is 2.37. The van der Waals surface area contributed by atoms with E-state index in [9.17, 15) is 18.0 Å². The van der Waals surface area contributed by atoms with Crippen molar-refractivity contribution in [2.45, 2.75) is 24.3 Å². The number of hydrogen-bond donors (Lipinski definition) is 1. The van der Waals surface area contributed by atoms with E-state index in [-0.39, 0.29) is 28.8 Å². The van der Waals surface area contributed by atoms with Crippen molar-refractivity contribution in [3.8, 4) is 11.5 Å². The van der Waals surface area contributed by atoms with E-state index in [1.54, 1.807) is 55.5 Å². The molecule has 44 heavy (non-hydrogen) atoms. The van der Waals surface area contributed by atoms with Crippen LogP contribution < -0.4 is 24.0 Å². The Morgan fingerprint density at radius 3 is 2.43 bits per heavy atom. The molecular formula is C33H32ClN3O6S. The molecule has 2 amide bonds. The van der Waals surface area contributed by atoms with Crippen molar-refractivity contribution in [1.82, 2.24) is 5.32 Å². The number of methoxy groups -OCH3 is 1. The Bertz CT molecular complexity index is 1750. The first-order valence-corrected chi connectivity index (χ1v) is 15.8. The van der Waals surface area contributed by atoms with Crippen LogP contribution in [-0.2, 0) is 26.0 Å². The van der Waals surface area contributed by atoms with Crippen LogP contribution in [0.4, 0.5) is 11.4 Å². The van der Waals surface area contributed by atoms with Crippen molar-refractivity contribution in [1.29, 1.82) is 0 Å². The van der Waals surface area contributed by atoms with Gasteiger partial charge in [0.05, 0.1) is 25.0 Å². The normalized spacial score (nSPS) is 14.2. The zero-order valence-electron chi connectivity index (χ0n) is 24.3. The molecule has 11 heteroatoms. The monoisotopic (exact) mass is 633 g/mol. The Balaban J connectivity index is 1.43. The van der Waals surface area contributed by atoms with Crippen LogP contribution in [0.2, 0.25) is 5.02 Å². The van der Waals surface area contributed by atoms with Gasteiger partial charge in [-0.15, -0.1) is 0 Å². The summed E-state index contributed by atoms with van der Waals surface area (Å²) in [6.45, 7) is 1.50. The maximum Gasteiger partial charge on any atom is 0.268 e. The van der Waals surface area contributed by atoms with Gasteiger partial charge >= 0.3 is 0 Å². The Labute approximate surface area is 262 Å². The van der Waals surface area contributed by atoms with E-state index in [0.717, 1.165) is 9.87 Å². The van der Waals surface area contributed by atoms with E-state index >= 15 is 0 Å². The molecule has 0 aromatic heterocycles. The van der Waals surface area contributed by atoms with Crippen LogP contribution in [0.5, 0.6) is 11.5 Å². The molecule has 1 N–H and O–H groups in total. The fourth-order valence-electron chi connectivity index (χ4n) is 4.93. The lowest BCUT2D eigenvalue weighted by molar-refractivity contribution is -0.128. The Morgan fingerprint density at radius 2 is 1.70 bits per heavy atom. The van der Waals surface area contributed by atoms with Crippen molar-refractivity contribution in [3.63, 3.8) is 0 Å². The highest BCUT2D eigenvalue weighted by Crippen LogP contribution is 2.35. The second-order valence-electron chi connectivity index (χ2n) is 10.2. The summed E-state index contributed by atoms with van der Waals surface area (Å²) >= 11 is 6.10. The van der Waals surface area contributed by atoms with Gasteiger partial charge in [0.15, 0.2) is 6.10 Å². The summed E-state index contributed by atoms with van der Waals surface area (Å²) in [5.74, 6) is -0.435. The maximum absolute atomic E-state index is 14.2. The van der Waals surface area contributed by atoms with Crippen LogP contribution in [0, 0.1) is 6.92 Å². The number of amides is 2. The number of para-hydroxylation sites is 2. The first-order chi connectivity index (χ1) is 21.2. The van der Waals surface area contributed by atoms with Crippen LogP contribution in [0.15, 0.2) is 102 Å². The number of carbonyl (C=O) groups excluding carboxylic acids is 2. The number of halogens is 1. The van der Waals surface area contributed by atoms with Gasteiger partial charge in [-0.25, -0.2) is 8.42 Å². The number of ether oxygens (including phenoxy) is 2. The first kappa shape index (κ1) is 30.9. The lowest BCUT2D eigenvalue weighted by Crippen LogP contribution is -2.53. The van der Waals surface area contributed by atoms with Crippen molar-refractivity contribution in [2.75, 3.05) is 35.9 Å². The minimum atomic E-state index is -4.30. The van der Waals surface area contributed by atoms with Crippen LogP contribution in [0.3, 0.4) is 0 Å². The summed E-state index contributed by atoms with van der Waals surface area (Å²) in [5, 5.41) is 3.30. The van der Waals surface area contributed by atoms with E-state index in [1.807, 2.05) is 30.3 Å². The molecule has 5 rings (SSSR count).